The number of hydrogen-bond acceptors (Lipinski definition) is 6. The summed E-state index contributed by atoms with van der Waals surface area (Å²) in [5, 5.41) is 12.1. The molecule has 0 spiro atoms. The summed E-state index contributed by atoms with van der Waals surface area (Å²) in [6, 6.07) is 8.80. The van der Waals surface area contributed by atoms with Gasteiger partial charge in [-0.3, -0.25) is 4.90 Å². The summed E-state index contributed by atoms with van der Waals surface area (Å²) >= 11 is 1.61. The number of halogens is 2. The van der Waals surface area contributed by atoms with Crippen molar-refractivity contribution in [3.05, 3.63) is 46.2 Å². The predicted molar refractivity (Wildman–Crippen MR) is 101 cm³/mol. The van der Waals surface area contributed by atoms with Crippen molar-refractivity contribution in [1.82, 2.24) is 4.90 Å². The van der Waals surface area contributed by atoms with E-state index < -0.39 is 12.7 Å². The Morgan fingerprint density at radius 3 is 2.70 bits per heavy atom. The molecular formula is C19H25F2NO4S. The number of benzene rings is 1. The van der Waals surface area contributed by atoms with Gasteiger partial charge >= 0.3 is 6.61 Å². The molecule has 1 atom stereocenters. The van der Waals surface area contributed by atoms with Gasteiger partial charge in [0.25, 0.3) is 0 Å². The van der Waals surface area contributed by atoms with Crippen LogP contribution >= 0.6 is 11.3 Å². The number of aliphatic hydroxyl groups is 1. The van der Waals surface area contributed by atoms with Crippen LogP contribution in [0.5, 0.6) is 11.5 Å². The molecule has 0 fully saturated rings. The van der Waals surface area contributed by atoms with Gasteiger partial charge in [-0.25, -0.2) is 0 Å². The maximum Gasteiger partial charge on any atom is 0.387 e. The fourth-order valence-corrected chi connectivity index (χ4v) is 3.23. The van der Waals surface area contributed by atoms with Crippen molar-refractivity contribution in [2.75, 3.05) is 26.8 Å². The molecule has 8 heteroatoms. The fraction of sp³-hybridized carbons (Fsp3) is 0.474. The second kappa shape index (κ2) is 11.2. The Morgan fingerprint density at radius 2 is 2.04 bits per heavy atom. The van der Waals surface area contributed by atoms with E-state index in [0.29, 0.717) is 26.3 Å². The van der Waals surface area contributed by atoms with Crippen LogP contribution in [-0.2, 0) is 17.9 Å². The first-order valence-corrected chi connectivity index (χ1v) is 9.53. The summed E-state index contributed by atoms with van der Waals surface area (Å²) in [5.41, 5.74) is 0.870. The van der Waals surface area contributed by atoms with Crippen LogP contribution in [0.2, 0.25) is 0 Å². The second-order valence-electron chi connectivity index (χ2n) is 6.04. The topological polar surface area (TPSA) is 51.2 Å². The monoisotopic (exact) mass is 401 g/mol. The minimum absolute atomic E-state index is 0.0141. The quantitative estimate of drug-likeness (QED) is 0.587. The third-order valence-electron chi connectivity index (χ3n) is 3.63. The number of likely N-dealkylation sites (N-methyl/N-ethyl adjacent to an activating group) is 1. The van der Waals surface area contributed by atoms with E-state index in [1.54, 1.807) is 30.4 Å². The van der Waals surface area contributed by atoms with E-state index in [9.17, 15) is 13.9 Å². The summed E-state index contributed by atoms with van der Waals surface area (Å²) < 4.78 is 40.3. The average Bonchev–Trinajstić information content (AvgIpc) is 3.10. The third-order valence-corrected chi connectivity index (χ3v) is 4.48. The van der Waals surface area contributed by atoms with Crippen molar-refractivity contribution in [1.29, 1.82) is 0 Å². The largest absolute Gasteiger partial charge is 0.490 e. The molecule has 1 aromatic carbocycles. The van der Waals surface area contributed by atoms with Crippen molar-refractivity contribution in [2.24, 2.45) is 0 Å². The van der Waals surface area contributed by atoms with Gasteiger partial charge in [-0.1, -0.05) is 12.1 Å². The molecule has 0 aliphatic carbocycles. The van der Waals surface area contributed by atoms with Crippen LogP contribution in [-0.4, -0.2) is 49.5 Å². The van der Waals surface area contributed by atoms with Crippen molar-refractivity contribution >= 4 is 11.3 Å². The maximum atomic E-state index is 12.5. The summed E-state index contributed by atoms with van der Waals surface area (Å²) in [4.78, 5) is 3.04. The zero-order valence-electron chi connectivity index (χ0n) is 15.4. The third kappa shape index (κ3) is 7.80. The SMILES string of the molecule is CCOc1cc(CN(C)CC(O)COCc2cccs2)ccc1OC(F)F. The lowest BCUT2D eigenvalue weighted by Gasteiger charge is -2.21. The van der Waals surface area contributed by atoms with E-state index in [1.165, 1.54) is 6.07 Å². The van der Waals surface area contributed by atoms with Crippen LogP contribution in [0.25, 0.3) is 0 Å². The molecule has 1 unspecified atom stereocenters. The van der Waals surface area contributed by atoms with Gasteiger partial charge in [0.05, 0.1) is 25.9 Å². The van der Waals surface area contributed by atoms with Gasteiger partial charge in [0.2, 0.25) is 0 Å². The standard InChI is InChI=1S/C19H25F2NO4S/c1-3-25-18-9-14(6-7-17(18)26-19(20)21)10-22(2)11-15(23)12-24-13-16-5-4-8-27-16/h4-9,15,19,23H,3,10-13H2,1-2H3. The molecule has 0 saturated heterocycles. The zero-order valence-corrected chi connectivity index (χ0v) is 16.3. The van der Waals surface area contributed by atoms with E-state index in [0.717, 1.165) is 10.4 Å². The van der Waals surface area contributed by atoms with Crippen molar-refractivity contribution < 1.29 is 28.1 Å². The highest BCUT2D eigenvalue weighted by atomic mass is 32.1. The molecule has 2 rings (SSSR count). The highest BCUT2D eigenvalue weighted by molar-refractivity contribution is 7.09. The van der Waals surface area contributed by atoms with Crippen LogP contribution in [0.1, 0.15) is 17.4 Å². The summed E-state index contributed by atoms with van der Waals surface area (Å²) in [6.07, 6.45) is -0.622. The average molecular weight is 401 g/mol. The van der Waals surface area contributed by atoms with Crippen molar-refractivity contribution in [2.45, 2.75) is 32.8 Å². The summed E-state index contributed by atoms with van der Waals surface area (Å²) in [7, 11) is 1.87. The first-order valence-electron chi connectivity index (χ1n) is 8.65. The molecule has 0 saturated carbocycles. The van der Waals surface area contributed by atoms with Gasteiger partial charge in [-0.2, -0.15) is 8.78 Å². The number of aliphatic hydroxyl groups excluding tert-OH is 1. The molecule has 0 bridgehead atoms. The molecule has 1 aromatic heterocycles. The van der Waals surface area contributed by atoms with Crippen LogP contribution in [0, 0.1) is 0 Å². The van der Waals surface area contributed by atoms with Gasteiger partial charge in [-0.05, 0) is 43.1 Å². The molecule has 0 radical (unpaired) electrons. The lowest BCUT2D eigenvalue weighted by molar-refractivity contribution is -0.0514. The van der Waals surface area contributed by atoms with E-state index in [-0.39, 0.29) is 18.1 Å². The van der Waals surface area contributed by atoms with Crippen LogP contribution in [0.3, 0.4) is 0 Å². The van der Waals surface area contributed by atoms with E-state index in [4.69, 9.17) is 9.47 Å². The summed E-state index contributed by atoms with van der Waals surface area (Å²) in [6.45, 7) is 0.897. The molecule has 0 aliphatic rings. The number of hydrogen-bond donors (Lipinski definition) is 1. The van der Waals surface area contributed by atoms with Gasteiger partial charge in [0.15, 0.2) is 11.5 Å². The lowest BCUT2D eigenvalue weighted by Crippen LogP contribution is -2.31. The maximum absolute atomic E-state index is 12.5. The van der Waals surface area contributed by atoms with Crippen LogP contribution in [0.15, 0.2) is 35.7 Å². The zero-order chi connectivity index (χ0) is 19.6. The normalized spacial score (nSPS) is 12.6. The van der Waals surface area contributed by atoms with Gasteiger partial charge in [0.1, 0.15) is 0 Å². The van der Waals surface area contributed by atoms with E-state index in [2.05, 4.69) is 4.74 Å². The molecule has 0 amide bonds. The Morgan fingerprint density at radius 1 is 1.22 bits per heavy atom. The van der Waals surface area contributed by atoms with E-state index >= 15 is 0 Å². The molecular weight excluding hydrogens is 376 g/mol. The van der Waals surface area contributed by atoms with Crippen LogP contribution in [0.4, 0.5) is 8.78 Å². The fourth-order valence-electron chi connectivity index (χ4n) is 2.59. The Balaban J connectivity index is 1.82. The molecule has 5 nitrogen and oxygen atoms in total. The van der Waals surface area contributed by atoms with Crippen LogP contribution < -0.4 is 9.47 Å². The number of thiophene rings is 1. The molecule has 1 heterocycles. The van der Waals surface area contributed by atoms with Gasteiger partial charge in [-0.15, -0.1) is 11.3 Å². The lowest BCUT2D eigenvalue weighted by atomic mass is 10.2. The van der Waals surface area contributed by atoms with Crippen molar-refractivity contribution in [3.8, 4) is 11.5 Å². The van der Waals surface area contributed by atoms with Crippen molar-refractivity contribution in [3.63, 3.8) is 0 Å². The number of nitrogens with zero attached hydrogens (tertiary/aromatic N) is 1. The smallest absolute Gasteiger partial charge is 0.387 e. The minimum Gasteiger partial charge on any atom is -0.490 e. The summed E-state index contributed by atoms with van der Waals surface area (Å²) in [5.74, 6) is 0.295. The Bertz CT molecular complexity index is 670. The molecule has 2 aromatic rings. The predicted octanol–water partition coefficient (Wildman–Crippen LogP) is 3.76. The second-order valence-corrected chi connectivity index (χ2v) is 7.07. The Kier molecular flexibility index (Phi) is 8.93. The minimum atomic E-state index is -2.90. The molecule has 150 valence electrons. The van der Waals surface area contributed by atoms with Gasteiger partial charge < -0.3 is 19.3 Å². The highest BCUT2D eigenvalue weighted by Crippen LogP contribution is 2.30. The first-order chi connectivity index (χ1) is 13.0. The molecule has 0 aliphatic heterocycles. The Labute approximate surface area is 162 Å². The number of rotatable bonds is 12. The highest BCUT2D eigenvalue weighted by Gasteiger charge is 2.14. The number of alkyl halides is 2. The van der Waals surface area contributed by atoms with E-state index in [1.807, 2.05) is 29.5 Å². The Hall–Kier alpha value is -1.74. The number of ether oxygens (including phenoxy) is 3. The molecule has 1 N–H and O–H groups in total. The first kappa shape index (κ1) is 21.6. The van der Waals surface area contributed by atoms with Gasteiger partial charge in [0, 0.05) is 18.0 Å². The molecule has 27 heavy (non-hydrogen) atoms.